The predicted molar refractivity (Wildman–Crippen MR) is 91.2 cm³/mol. The van der Waals surface area contributed by atoms with Gasteiger partial charge in [-0.15, -0.1) is 4.10 Å². The lowest BCUT2D eigenvalue weighted by Gasteiger charge is -2.14. The third-order valence-electron chi connectivity index (χ3n) is 1.82. The molecule has 0 aromatic rings. The molecule has 0 fully saturated rings. The summed E-state index contributed by atoms with van der Waals surface area (Å²) in [5, 5.41) is 8.59. The van der Waals surface area contributed by atoms with Gasteiger partial charge >= 0.3 is 29.9 Å². The quantitative estimate of drug-likeness (QED) is 0.271. The van der Waals surface area contributed by atoms with Crippen molar-refractivity contribution in [3.05, 3.63) is 10.4 Å². The van der Waals surface area contributed by atoms with Crippen LogP contribution in [-0.2, 0) is 15.2 Å². The smallest absolute Gasteiger partial charge is 0.474 e. The maximum atomic E-state index is 8.59. The van der Waals surface area contributed by atoms with Crippen LogP contribution < -0.4 is 0 Å². The Morgan fingerprint density at radius 1 is 0.826 bits per heavy atom. The zero-order valence-corrected chi connectivity index (χ0v) is 17.7. The van der Waals surface area contributed by atoms with E-state index in [-0.39, 0.29) is 24.4 Å². The van der Waals surface area contributed by atoms with Crippen molar-refractivity contribution < 1.29 is 15.2 Å². The fourth-order valence-electron chi connectivity index (χ4n) is 1.18. The van der Waals surface area contributed by atoms with Crippen molar-refractivity contribution in [1.82, 2.24) is 0 Å². The molecule has 0 aliphatic rings. The average Bonchev–Trinajstić information content (AvgIpc) is 2.36. The number of azide groups is 1. The van der Waals surface area contributed by atoms with Crippen LogP contribution in [0.15, 0.2) is 4.10 Å². The van der Waals surface area contributed by atoms with Crippen LogP contribution in [0, 0.1) is 10.2 Å². The lowest BCUT2D eigenvalue weighted by atomic mass is 10.5. The summed E-state index contributed by atoms with van der Waals surface area (Å²) in [4.78, 5) is 4.74. The molecule has 0 aromatic carbocycles. The Balaban J connectivity index is 0. The molecule has 0 unspecified atom stereocenters. The van der Waals surface area contributed by atoms with Crippen molar-refractivity contribution in [1.29, 1.82) is 5.26 Å². The molecule has 0 saturated heterocycles. The van der Waals surface area contributed by atoms with Crippen LogP contribution in [0.25, 0.3) is 10.4 Å². The molecule has 0 aliphatic carbocycles. The molecule has 0 N–H and O–H groups in total. The maximum Gasteiger partial charge on any atom is 0.817 e. The molecule has 10 heteroatoms. The first-order chi connectivity index (χ1) is 10.6. The van der Waals surface area contributed by atoms with E-state index in [1.807, 2.05) is 55.4 Å². The van der Waals surface area contributed by atoms with Crippen LogP contribution in [0.2, 0.25) is 0 Å². The largest absolute Gasteiger partial charge is 0.817 e. The summed E-state index contributed by atoms with van der Waals surface area (Å²) >= 11 is -4.16. The van der Waals surface area contributed by atoms with E-state index in [0.717, 1.165) is 0 Å². The van der Waals surface area contributed by atoms with Gasteiger partial charge in [-0.05, 0) is 65.8 Å². The maximum absolute atomic E-state index is 8.59. The standard InChI is InChI=1S/4C3H7O.CN.2Al.N3/c4*1-3(2)4;1-2;;;1-3-2/h4*3H,1-2H3;;;;/q4*-1;;+2;+3;-1. The second kappa shape index (κ2) is 15.2. The molecule has 0 radical (unpaired) electrons. The number of nitrogens with zero attached hydrogens (tertiary/aromatic N) is 4. The summed E-state index contributed by atoms with van der Waals surface area (Å²) in [5.74, 6) is 0. The minimum Gasteiger partial charge on any atom is -0.474 e. The highest BCUT2D eigenvalue weighted by Gasteiger charge is 2.28. The fraction of sp³-hybridized carbons (Fsp3) is 0.923. The Morgan fingerprint density at radius 3 is 1.39 bits per heavy atom. The number of hydrogen-bond acceptors (Lipinski definition) is 6. The predicted octanol–water partition coefficient (Wildman–Crippen LogP) is 3.52. The van der Waals surface area contributed by atoms with Crippen molar-refractivity contribution in [2.45, 2.75) is 79.8 Å². The summed E-state index contributed by atoms with van der Waals surface area (Å²) < 4.78 is 24.6. The Bertz CT molecular complexity index is 363. The number of rotatable bonds is 9. The zero-order chi connectivity index (χ0) is 18.4. The molecule has 8 nitrogen and oxygen atoms in total. The zero-order valence-electron chi connectivity index (χ0n) is 15.4. The van der Waals surface area contributed by atoms with Gasteiger partial charge in [0.1, 0.15) is 0 Å². The van der Waals surface area contributed by atoms with Crippen LogP contribution in [0.3, 0.4) is 0 Å². The summed E-state index contributed by atoms with van der Waals surface area (Å²) in [6.07, 6.45) is 0.270. The van der Waals surface area contributed by atoms with Crippen LogP contribution in [0.1, 0.15) is 55.4 Å². The van der Waals surface area contributed by atoms with Crippen molar-refractivity contribution in [2.75, 3.05) is 0 Å². The summed E-state index contributed by atoms with van der Waals surface area (Å²) in [6.45, 7) is 15.2. The van der Waals surface area contributed by atoms with E-state index in [1.54, 1.807) is 0 Å². The molecule has 0 amide bonds. The van der Waals surface area contributed by atoms with Crippen molar-refractivity contribution in [3.8, 4) is 4.93 Å². The Kier molecular flexibility index (Phi) is 16.5. The van der Waals surface area contributed by atoms with Gasteiger partial charge in [-0.2, -0.15) is 0 Å². The third kappa shape index (κ3) is 19.7. The minimum atomic E-state index is -2.14. The molecule has 23 heavy (non-hydrogen) atoms. The van der Waals surface area contributed by atoms with Gasteiger partial charge in [-0.1, -0.05) is 0 Å². The molecule has 0 heterocycles. The van der Waals surface area contributed by atoms with Gasteiger partial charge in [0.05, 0.1) is 0 Å². The molecule has 0 bridgehead atoms. The van der Waals surface area contributed by atoms with Gasteiger partial charge in [0.2, 0.25) is 0 Å². The first kappa shape index (κ1) is 25.0. The molecule has 0 atom stereocenters. The summed E-state index contributed by atoms with van der Waals surface area (Å²) in [6, 6.07) is 0. The molecular weight excluding hydrogens is 330 g/mol. The topological polar surface area (TPSA) is 109 Å². The second-order valence-electron chi connectivity index (χ2n) is 5.71. The van der Waals surface area contributed by atoms with E-state index < -0.39 is 29.9 Å². The summed E-state index contributed by atoms with van der Waals surface area (Å²) in [7, 11) is 0. The van der Waals surface area contributed by atoms with Gasteiger partial charge in [0.15, 0.2) is 0 Å². The lowest BCUT2D eigenvalue weighted by Crippen LogP contribution is -2.27. The third-order valence-corrected chi connectivity index (χ3v) is 5.46. The SMILES string of the molecule is CC(C)[O][Al]([C]#N)[O]C(C)C.CC(C)[O][Al]([N]=[N+]=[N-])[O]C(C)C. The molecule has 0 aliphatic heterocycles. The average molecular weight is 358 g/mol. The van der Waals surface area contributed by atoms with Crippen LogP contribution >= 0.6 is 0 Å². The highest BCUT2D eigenvalue weighted by molar-refractivity contribution is 6.53. The van der Waals surface area contributed by atoms with E-state index in [2.05, 4.69) is 13.9 Å². The van der Waals surface area contributed by atoms with Gasteiger partial charge in [-0.3, -0.25) is 0 Å². The van der Waals surface area contributed by atoms with Gasteiger partial charge in [0, 0.05) is 29.3 Å². The minimum absolute atomic E-state index is 0.0471. The van der Waals surface area contributed by atoms with E-state index >= 15 is 0 Å². The monoisotopic (exact) mass is 358 g/mol. The number of hydrogen-bond donors (Lipinski definition) is 0. The second-order valence-corrected chi connectivity index (χ2v) is 8.57. The number of nitriles is 1. The molecular formula is C13H28Al2N4O4. The van der Waals surface area contributed by atoms with Gasteiger partial charge in [-0.25, -0.2) is 5.26 Å². The van der Waals surface area contributed by atoms with E-state index in [1.165, 1.54) is 0 Å². The first-order valence-corrected chi connectivity index (χ1v) is 10.7. The van der Waals surface area contributed by atoms with Gasteiger partial charge < -0.3 is 15.2 Å². The van der Waals surface area contributed by atoms with Gasteiger partial charge in [0.25, 0.3) is 0 Å². The Hall–Kier alpha value is -0.295. The summed E-state index contributed by atoms with van der Waals surface area (Å²) in [5.41, 5.74) is 8.20. The molecule has 0 aromatic heterocycles. The lowest BCUT2D eigenvalue weighted by molar-refractivity contribution is 0.130. The fourth-order valence-corrected chi connectivity index (χ4v) is 3.54. The van der Waals surface area contributed by atoms with Crippen LogP contribution in [0.5, 0.6) is 0 Å². The normalized spacial score (nSPS) is 10.2. The van der Waals surface area contributed by atoms with Crippen molar-refractivity contribution >= 4 is 29.9 Å². The molecule has 130 valence electrons. The van der Waals surface area contributed by atoms with E-state index in [9.17, 15) is 0 Å². The van der Waals surface area contributed by atoms with E-state index in [4.69, 9.17) is 25.9 Å². The van der Waals surface area contributed by atoms with E-state index in [0.29, 0.717) is 0 Å². The Labute approximate surface area is 149 Å². The molecule has 0 rings (SSSR count). The first-order valence-electron chi connectivity index (χ1n) is 7.67. The highest BCUT2D eigenvalue weighted by Crippen LogP contribution is 2.01. The van der Waals surface area contributed by atoms with Crippen LogP contribution in [0.4, 0.5) is 0 Å². The highest BCUT2D eigenvalue weighted by atomic mass is 27.2. The van der Waals surface area contributed by atoms with Crippen molar-refractivity contribution in [2.24, 2.45) is 4.10 Å². The van der Waals surface area contributed by atoms with Crippen molar-refractivity contribution in [3.63, 3.8) is 0 Å². The Morgan fingerprint density at radius 2 is 1.17 bits per heavy atom. The molecule has 0 saturated carbocycles. The molecule has 0 spiro atoms. The van der Waals surface area contributed by atoms with Crippen LogP contribution in [-0.4, -0.2) is 54.3 Å².